The minimum Gasteiger partial charge on any atom is -0.391 e. The Morgan fingerprint density at radius 2 is 1.82 bits per heavy atom. The van der Waals surface area contributed by atoms with E-state index in [4.69, 9.17) is 14.6 Å². The Morgan fingerprint density at radius 1 is 1.12 bits per heavy atom. The SMILES string of the molecule is CCCCCC=CCC=CCCCCCCCC(=O)Nc1ccn(C2COC(CO)O2)c(=O)n1. The lowest BCUT2D eigenvalue weighted by molar-refractivity contribution is -0.116. The Bertz CT molecular complexity index is 821. The molecule has 2 unspecified atom stereocenters. The first kappa shape index (κ1) is 28.0. The van der Waals surface area contributed by atoms with Gasteiger partial charge < -0.3 is 19.9 Å². The molecule has 190 valence electrons. The van der Waals surface area contributed by atoms with Crippen molar-refractivity contribution in [2.24, 2.45) is 0 Å². The van der Waals surface area contributed by atoms with Gasteiger partial charge in [-0.2, -0.15) is 4.98 Å². The summed E-state index contributed by atoms with van der Waals surface area (Å²) in [6.45, 7) is 2.11. The standard InChI is InChI=1S/C26H41N3O5/c1-2-3-4-5-6-7-8-9-10-11-12-13-14-15-16-17-23(31)27-22-18-19-29(26(32)28-22)24-21-33-25(20-30)34-24/h6-7,9-10,18-19,24-25,30H,2-5,8,11-17,20-21H2,1H3,(H,27,28,31,32). The van der Waals surface area contributed by atoms with Gasteiger partial charge in [-0.15, -0.1) is 0 Å². The summed E-state index contributed by atoms with van der Waals surface area (Å²) in [5, 5.41) is 11.7. The van der Waals surface area contributed by atoms with Crippen molar-refractivity contribution in [2.75, 3.05) is 18.5 Å². The number of unbranched alkanes of at least 4 members (excludes halogenated alkanes) is 8. The van der Waals surface area contributed by atoms with Crippen LogP contribution in [0.15, 0.2) is 41.4 Å². The predicted octanol–water partition coefficient (Wildman–Crippen LogP) is 4.86. The van der Waals surface area contributed by atoms with E-state index in [1.165, 1.54) is 49.3 Å². The number of nitrogens with zero attached hydrogens (tertiary/aromatic N) is 2. The molecule has 2 N–H and O–H groups in total. The Balaban J connectivity index is 1.51. The number of aliphatic hydroxyl groups is 1. The number of rotatable bonds is 17. The molecule has 1 fully saturated rings. The van der Waals surface area contributed by atoms with Gasteiger partial charge in [0.1, 0.15) is 5.82 Å². The number of hydrogen-bond acceptors (Lipinski definition) is 6. The number of carbonyl (C=O) groups excluding carboxylic acids is 1. The fraction of sp³-hybridized carbons (Fsp3) is 0.654. The second-order valence-electron chi connectivity index (χ2n) is 8.57. The van der Waals surface area contributed by atoms with E-state index in [9.17, 15) is 9.59 Å². The van der Waals surface area contributed by atoms with Crippen LogP contribution >= 0.6 is 0 Å². The number of aliphatic hydroxyl groups excluding tert-OH is 1. The van der Waals surface area contributed by atoms with Crippen LogP contribution < -0.4 is 11.0 Å². The average Bonchev–Trinajstić information content (AvgIpc) is 3.30. The Hall–Kier alpha value is -2.29. The van der Waals surface area contributed by atoms with Crippen molar-refractivity contribution >= 4 is 11.7 Å². The monoisotopic (exact) mass is 475 g/mol. The van der Waals surface area contributed by atoms with Crippen LogP contribution in [0.1, 0.15) is 90.2 Å². The Labute approximate surface area is 203 Å². The van der Waals surface area contributed by atoms with Gasteiger partial charge in [0.15, 0.2) is 12.5 Å². The Kier molecular flexibility index (Phi) is 14.1. The van der Waals surface area contributed by atoms with Gasteiger partial charge in [-0.25, -0.2) is 4.79 Å². The van der Waals surface area contributed by atoms with Gasteiger partial charge in [-0.05, 0) is 44.6 Å². The first-order chi connectivity index (χ1) is 16.6. The summed E-state index contributed by atoms with van der Waals surface area (Å²) in [5.74, 6) is 0.0857. The number of hydrogen-bond donors (Lipinski definition) is 2. The molecular weight excluding hydrogens is 434 g/mol. The molecule has 0 bridgehead atoms. The van der Waals surface area contributed by atoms with Gasteiger partial charge in [0.05, 0.1) is 13.2 Å². The molecule has 1 saturated heterocycles. The molecule has 0 aliphatic carbocycles. The van der Waals surface area contributed by atoms with Crippen molar-refractivity contribution < 1.29 is 19.4 Å². The molecule has 34 heavy (non-hydrogen) atoms. The molecule has 0 spiro atoms. The van der Waals surface area contributed by atoms with E-state index in [-0.39, 0.29) is 24.9 Å². The van der Waals surface area contributed by atoms with Crippen LogP contribution in [-0.2, 0) is 14.3 Å². The van der Waals surface area contributed by atoms with Crippen molar-refractivity contribution in [3.8, 4) is 0 Å². The highest BCUT2D eigenvalue weighted by Crippen LogP contribution is 2.19. The molecule has 0 aromatic carbocycles. The molecule has 1 aliphatic rings. The molecule has 2 rings (SSSR count). The van der Waals surface area contributed by atoms with Crippen LogP contribution in [-0.4, -0.2) is 40.1 Å². The first-order valence-electron chi connectivity index (χ1n) is 12.7. The summed E-state index contributed by atoms with van der Waals surface area (Å²) in [4.78, 5) is 28.2. The van der Waals surface area contributed by atoms with Gasteiger partial charge in [0.2, 0.25) is 5.91 Å². The minimum atomic E-state index is -0.736. The zero-order chi connectivity index (χ0) is 24.4. The van der Waals surface area contributed by atoms with E-state index in [2.05, 4.69) is 41.5 Å². The van der Waals surface area contributed by atoms with E-state index in [1.807, 2.05) is 0 Å². The molecule has 8 heteroatoms. The van der Waals surface area contributed by atoms with Crippen LogP contribution in [0.5, 0.6) is 0 Å². The molecule has 1 aliphatic heterocycles. The molecule has 1 aromatic heterocycles. The van der Waals surface area contributed by atoms with Crippen LogP contribution in [0.3, 0.4) is 0 Å². The van der Waals surface area contributed by atoms with Crippen LogP contribution in [0, 0.1) is 0 Å². The predicted molar refractivity (Wildman–Crippen MR) is 133 cm³/mol. The molecule has 2 atom stereocenters. The smallest absolute Gasteiger partial charge is 0.351 e. The van der Waals surface area contributed by atoms with Crippen molar-refractivity contribution in [2.45, 2.75) is 96.5 Å². The number of amides is 1. The number of ether oxygens (including phenoxy) is 2. The molecular formula is C26H41N3O5. The van der Waals surface area contributed by atoms with E-state index in [0.717, 1.165) is 32.1 Å². The second-order valence-corrected chi connectivity index (χ2v) is 8.57. The van der Waals surface area contributed by atoms with Crippen molar-refractivity contribution in [1.82, 2.24) is 9.55 Å². The Morgan fingerprint density at radius 3 is 2.50 bits per heavy atom. The lowest BCUT2D eigenvalue weighted by atomic mass is 10.1. The van der Waals surface area contributed by atoms with Gasteiger partial charge in [0, 0.05) is 12.6 Å². The van der Waals surface area contributed by atoms with E-state index in [1.54, 1.807) is 6.07 Å². The quantitative estimate of drug-likeness (QED) is 0.246. The number of carbonyl (C=O) groups is 1. The third kappa shape index (κ3) is 11.2. The maximum atomic E-state index is 12.2. The highest BCUT2D eigenvalue weighted by molar-refractivity contribution is 5.89. The van der Waals surface area contributed by atoms with Crippen LogP contribution in [0.25, 0.3) is 0 Å². The van der Waals surface area contributed by atoms with Gasteiger partial charge in [-0.3, -0.25) is 9.36 Å². The molecule has 2 heterocycles. The number of allylic oxidation sites excluding steroid dienone is 4. The number of aromatic nitrogens is 2. The fourth-order valence-electron chi connectivity index (χ4n) is 3.69. The molecule has 1 amide bonds. The third-order valence-corrected chi connectivity index (χ3v) is 5.64. The van der Waals surface area contributed by atoms with E-state index < -0.39 is 18.2 Å². The maximum Gasteiger partial charge on any atom is 0.351 e. The van der Waals surface area contributed by atoms with Crippen LogP contribution in [0.4, 0.5) is 5.82 Å². The summed E-state index contributed by atoms with van der Waals surface area (Å²) in [6, 6.07) is 1.56. The molecule has 1 aromatic rings. The summed E-state index contributed by atoms with van der Waals surface area (Å²) in [6.07, 6.45) is 22.1. The van der Waals surface area contributed by atoms with Crippen molar-refractivity contribution in [3.63, 3.8) is 0 Å². The normalized spacial score (nSPS) is 18.3. The van der Waals surface area contributed by atoms with Crippen molar-refractivity contribution in [3.05, 3.63) is 47.1 Å². The topological polar surface area (TPSA) is 103 Å². The van der Waals surface area contributed by atoms with Gasteiger partial charge in [0.25, 0.3) is 0 Å². The third-order valence-electron chi connectivity index (χ3n) is 5.64. The maximum absolute atomic E-state index is 12.2. The largest absolute Gasteiger partial charge is 0.391 e. The highest BCUT2D eigenvalue weighted by Gasteiger charge is 2.27. The lowest BCUT2D eigenvalue weighted by Crippen LogP contribution is -2.29. The minimum absolute atomic E-state index is 0.142. The fourth-order valence-corrected chi connectivity index (χ4v) is 3.69. The molecule has 0 saturated carbocycles. The molecule has 8 nitrogen and oxygen atoms in total. The van der Waals surface area contributed by atoms with E-state index in [0.29, 0.717) is 6.42 Å². The lowest BCUT2D eigenvalue weighted by Gasteiger charge is -2.12. The van der Waals surface area contributed by atoms with Gasteiger partial charge in [-0.1, -0.05) is 63.3 Å². The van der Waals surface area contributed by atoms with Crippen molar-refractivity contribution in [1.29, 1.82) is 0 Å². The average molecular weight is 476 g/mol. The molecule has 0 radical (unpaired) electrons. The number of anilines is 1. The zero-order valence-electron chi connectivity index (χ0n) is 20.5. The second kappa shape index (κ2) is 17.2. The summed E-state index contributed by atoms with van der Waals surface area (Å²) in [7, 11) is 0. The zero-order valence-corrected chi connectivity index (χ0v) is 20.5. The summed E-state index contributed by atoms with van der Waals surface area (Å²) < 4.78 is 11.9. The van der Waals surface area contributed by atoms with E-state index >= 15 is 0 Å². The van der Waals surface area contributed by atoms with Gasteiger partial charge >= 0.3 is 5.69 Å². The number of nitrogens with one attached hydrogen (secondary N) is 1. The first-order valence-corrected chi connectivity index (χ1v) is 12.7. The van der Waals surface area contributed by atoms with Crippen LogP contribution in [0.2, 0.25) is 0 Å². The highest BCUT2D eigenvalue weighted by atomic mass is 16.7. The summed E-state index contributed by atoms with van der Waals surface area (Å²) >= 11 is 0. The summed E-state index contributed by atoms with van der Waals surface area (Å²) in [5.41, 5.74) is -0.540.